The maximum Gasteiger partial charge on any atom is 0.332 e. The van der Waals surface area contributed by atoms with Crippen LogP contribution in [0.3, 0.4) is 0 Å². The zero-order chi connectivity index (χ0) is 26.0. The lowest BCUT2D eigenvalue weighted by molar-refractivity contribution is -0.111. The van der Waals surface area contributed by atoms with Gasteiger partial charge in [-0.15, -0.1) is 0 Å². The quantitative estimate of drug-likeness (QED) is 0.296. The number of aliphatic hydroxyl groups is 1. The first-order valence-corrected chi connectivity index (χ1v) is 12.5. The standard InChI is InChI=1S/C25H35N7O4/c1-12(29-31-21(26)34)25-19(36-13(2)28-25)10-17-16-6-5-14-9-15(30-32-22(27)35)7-8-23(14,3)20(16)18(33)11-24(17,25)4/h7-9,16-20,33H,5-6,10-11H2,1-4H3,(H3,26,31,34)(H3,27,32,35)/b29-12-,30-15-/t16-,17-,18-,19+,20+,23-,24-,25+/m0/s1. The molecule has 4 amide bonds. The minimum atomic E-state index is -0.782. The summed E-state index contributed by atoms with van der Waals surface area (Å²) in [7, 11) is 0. The van der Waals surface area contributed by atoms with Crippen LogP contribution in [0.4, 0.5) is 9.59 Å². The van der Waals surface area contributed by atoms with Crippen LogP contribution in [0.25, 0.3) is 0 Å². The average Bonchev–Trinajstić information content (AvgIpc) is 3.26. The number of aliphatic imine (C=N–C) groups is 1. The minimum absolute atomic E-state index is 0.0133. The summed E-state index contributed by atoms with van der Waals surface area (Å²) in [5.41, 5.74) is 16.0. The molecule has 0 spiro atoms. The third-order valence-electron chi connectivity index (χ3n) is 9.53. The maximum atomic E-state index is 11.8. The van der Waals surface area contributed by atoms with Crippen molar-refractivity contribution < 1.29 is 19.4 Å². The van der Waals surface area contributed by atoms with Crippen molar-refractivity contribution >= 4 is 29.4 Å². The fourth-order valence-corrected chi connectivity index (χ4v) is 8.28. The molecule has 7 N–H and O–H groups in total. The van der Waals surface area contributed by atoms with Crippen LogP contribution in [0, 0.1) is 28.6 Å². The number of nitrogens with two attached hydrogens (primary N) is 2. The smallest absolute Gasteiger partial charge is 0.332 e. The van der Waals surface area contributed by atoms with E-state index in [1.165, 1.54) is 5.57 Å². The van der Waals surface area contributed by atoms with Gasteiger partial charge in [0.15, 0.2) is 5.90 Å². The topological polar surface area (TPSA) is 177 Å². The molecule has 0 aromatic carbocycles. The summed E-state index contributed by atoms with van der Waals surface area (Å²) in [5, 5.41) is 20.2. The van der Waals surface area contributed by atoms with Crippen LogP contribution in [0.1, 0.15) is 53.4 Å². The second-order valence-corrected chi connectivity index (χ2v) is 11.2. The number of fused-ring (bicyclic) bond motifs is 7. The number of aliphatic hydroxyl groups excluding tert-OH is 1. The Morgan fingerprint density at radius 2 is 1.97 bits per heavy atom. The average molecular weight is 498 g/mol. The fourth-order valence-electron chi connectivity index (χ4n) is 8.28. The molecule has 0 aromatic heterocycles. The number of carbonyl (C=O) groups is 2. The van der Waals surface area contributed by atoms with E-state index in [0.717, 1.165) is 19.3 Å². The van der Waals surface area contributed by atoms with Gasteiger partial charge in [0.25, 0.3) is 0 Å². The van der Waals surface area contributed by atoms with Crippen LogP contribution in [-0.4, -0.2) is 52.2 Å². The Hall–Kier alpha value is -3.21. The van der Waals surface area contributed by atoms with E-state index in [1.807, 2.05) is 26.0 Å². The predicted molar refractivity (Wildman–Crippen MR) is 135 cm³/mol. The van der Waals surface area contributed by atoms with Crippen molar-refractivity contribution in [2.24, 2.45) is 55.2 Å². The number of hydrogen-bond acceptors (Lipinski definition) is 7. The van der Waals surface area contributed by atoms with E-state index in [0.29, 0.717) is 23.7 Å². The number of ether oxygens (including phenoxy) is 1. The van der Waals surface area contributed by atoms with Crippen LogP contribution in [0.2, 0.25) is 0 Å². The van der Waals surface area contributed by atoms with Gasteiger partial charge in [0.1, 0.15) is 11.6 Å². The molecule has 194 valence electrons. The number of allylic oxidation sites excluding steroid dienone is 4. The monoisotopic (exact) mass is 497 g/mol. The van der Waals surface area contributed by atoms with Gasteiger partial charge in [0.05, 0.1) is 17.5 Å². The summed E-state index contributed by atoms with van der Waals surface area (Å²) in [6, 6.07) is -1.44. The Balaban J connectivity index is 1.52. The number of urea groups is 2. The van der Waals surface area contributed by atoms with Gasteiger partial charge in [-0.1, -0.05) is 25.5 Å². The van der Waals surface area contributed by atoms with Crippen molar-refractivity contribution in [3.63, 3.8) is 0 Å². The van der Waals surface area contributed by atoms with Gasteiger partial charge in [-0.05, 0) is 56.6 Å². The molecule has 3 saturated carbocycles. The fraction of sp³-hybridized carbons (Fsp3) is 0.640. The first-order valence-electron chi connectivity index (χ1n) is 12.5. The number of amides is 4. The molecular weight excluding hydrogens is 462 g/mol. The second-order valence-electron chi connectivity index (χ2n) is 11.2. The van der Waals surface area contributed by atoms with Crippen LogP contribution in [-0.2, 0) is 4.74 Å². The maximum absolute atomic E-state index is 11.8. The number of hydrogen-bond donors (Lipinski definition) is 5. The van der Waals surface area contributed by atoms with Crippen LogP contribution < -0.4 is 22.3 Å². The van der Waals surface area contributed by atoms with Crippen molar-refractivity contribution in [3.05, 3.63) is 23.8 Å². The molecule has 0 bridgehead atoms. The number of hydrazone groups is 2. The zero-order valence-electron chi connectivity index (χ0n) is 21.1. The number of nitrogens with one attached hydrogen (secondary N) is 2. The third kappa shape index (κ3) is 3.31. The highest BCUT2D eigenvalue weighted by Gasteiger charge is 2.73. The molecule has 0 aromatic rings. The van der Waals surface area contributed by atoms with Gasteiger partial charge in [-0.25, -0.2) is 25.4 Å². The highest BCUT2D eigenvalue weighted by molar-refractivity contribution is 6.06. The number of primary amides is 2. The summed E-state index contributed by atoms with van der Waals surface area (Å²) < 4.78 is 6.24. The van der Waals surface area contributed by atoms with E-state index in [1.54, 1.807) is 0 Å². The van der Waals surface area contributed by atoms with Crippen LogP contribution in [0.5, 0.6) is 0 Å². The highest BCUT2D eigenvalue weighted by atomic mass is 16.5. The van der Waals surface area contributed by atoms with Gasteiger partial charge in [0.2, 0.25) is 0 Å². The van der Waals surface area contributed by atoms with Crippen molar-refractivity contribution in [2.45, 2.75) is 71.1 Å². The molecule has 8 atom stereocenters. The lowest BCUT2D eigenvalue weighted by Crippen LogP contribution is -2.61. The van der Waals surface area contributed by atoms with Gasteiger partial charge < -0.3 is 21.3 Å². The first kappa shape index (κ1) is 24.5. The summed E-state index contributed by atoms with van der Waals surface area (Å²) in [6.07, 6.45) is 8.28. The van der Waals surface area contributed by atoms with E-state index < -0.39 is 29.1 Å². The molecule has 3 fully saturated rings. The molecule has 11 nitrogen and oxygen atoms in total. The zero-order valence-corrected chi connectivity index (χ0v) is 21.1. The Bertz CT molecular complexity index is 1160. The van der Waals surface area contributed by atoms with Gasteiger partial charge >= 0.3 is 12.1 Å². The lowest BCUT2D eigenvalue weighted by atomic mass is 9.46. The van der Waals surface area contributed by atoms with Crippen molar-refractivity contribution in [3.8, 4) is 0 Å². The summed E-state index contributed by atoms with van der Waals surface area (Å²) in [6.45, 7) is 8.07. The molecule has 0 radical (unpaired) electrons. The highest BCUT2D eigenvalue weighted by Crippen LogP contribution is 2.69. The molecule has 11 heteroatoms. The molecule has 0 unspecified atom stereocenters. The lowest BCUT2D eigenvalue weighted by Gasteiger charge is -2.59. The molecule has 0 saturated heterocycles. The number of nitrogens with zero attached hydrogens (tertiary/aromatic N) is 3. The van der Waals surface area contributed by atoms with E-state index >= 15 is 0 Å². The summed E-state index contributed by atoms with van der Waals surface area (Å²) in [4.78, 5) is 27.5. The van der Waals surface area contributed by atoms with Crippen molar-refractivity contribution in [1.29, 1.82) is 0 Å². The van der Waals surface area contributed by atoms with E-state index in [9.17, 15) is 14.7 Å². The Morgan fingerprint density at radius 1 is 1.25 bits per heavy atom. The minimum Gasteiger partial charge on any atom is -0.475 e. The number of rotatable bonds is 3. The van der Waals surface area contributed by atoms with Crippen LogP contribution >= 0.6 is 0 Å². The SMILES string of the molecule is CC1=N[C@]2(/C(C)=N\NC(N)=O)[C@@H](C[C@H]3[C@@H]4CCC5=C/C(=N\NC(N)=O)C=C[C@]5(C)[C@H]4[C@@H](O)C[C@@]32C)O1. The Labute approximate surface area is 210 Å². The second kappa shape index (κ2) is 8.16. The van der Waals surface area contributed by atoms with E-state index in [-0.39, 0.29) is 29.3 Å². The van der Waals surface area contributed by atoms with Gasteiger partial charge in [-0.3, -0.25) is 0 Å². The normalized spacial score (nSPS) is 43.9. The molecule has 1 aliphatic heterocycles. The summed E-state index contributed by atoms with van der Waals surface area (Å²) in [5.74, 6) is 1.09. The molecular formula is C25H35N7O4. The molecule has 1 heterocycles. The van der Waals surface area contributed by atoms with Crippen molar-refractivity contribution in [2.75, 3.05) is 0 Å². The largest absolute Gasteiger partial charge is 0.475 e. The first-order chi connectivity index (χ1) is 16.9. The van der Waals surface area contributed by atoms with E-state index in [2.05, 4.69) is 41.0 Å². The Kier molecular flexibility index (Phi) is 5.55. The third-order valence-corrected chi connectivity index (χ3v) is 9.53. The molecule has 36 heavy (non-hydrogen) atoms. The molecule has 5 aliphatic rings. The van der Waals surface area contributed by atoms with Gasteiger partial charge in [0, 0.05) is 23.7 Å². The summed E-state index contributed by atoms with van der Waals surface area (Å²) >= 11 is 0. The van der Waals surface area contributed by atoms with Crippen LogP contribution in [0.15, 0.2) is 39.0 Å². The number of carbonyl (C=O) groups excluding carboxylic acids is 2. The predicted octanol–water partition coefficient (Wildman–Crippen LogP) is 1.93. The molecule has 4 aliphatic carbocycles. The van der Waals surface area contributed by atoms with Gasteiger partial charge in [-0.2, -0.15) is 10.2 Å². The Morgan fingerprint density at radius 3 is 2.67 bits per heavy atom. The molecule has 5 rings (SSSR count). The van der Waals surface area contributed by atoms with E-state index in [4.69, 9.17) is 21.2 Å². The van der Waals surface area contributed by atoms with Crippen molar-refractivity contribution in [1.82, 2.24) is 10.9 Å².